The Balaban J connectivity index is 1.90. The minimum absolute atomic E-state index is 0.0150. The molecule has 0 spiro atoms. The minimum atomic E-state index is -3.94. The number of aromatic nitrogens is 5. The standard InChI is InChI=1S/C12H8N6O2S2/c19-22(20,17-10-13-6-3-7-14-10)12-16-15-11-18(12)8-4-1-2-5-9(8)21-11/h1-7H,(H,13,14,17). The number of fused-ring (bicyclic) bond motifs is 3. The van der Waals surface area contributed by atoms with Crippen LogP contribution in [0.3, 0.4) is 0 Å². The number of rotatable bonds is 3. The van der Waals surface area contributed by atoms with E-state index in [0.29, 0.717) is 4.96 Å². The molecule has 22 heavy (non-hydrogen) atoms. The number of hydrogen-bond acceptors (Lipinski definition) is 7. The summed E-state index contributed by atoms with van der Waals surface area (Å²) in [7, 11) is -3.94. The van der Waals surface area contributed by atoms with E-state index in [1.807, 2.05) is 24.3 Å². The number of benzene rings is 1. The molecule has 3 aromatic heterocycles. The lowest BCUT2D eigenvalue weighted by atomic mass is 10.3. The highest BCUT2D eigenvalue weighted by Crippen LogP contribution is 2.27. The van der Waals surface area contributed by atoms with Crippen molar-refractivity contribution in [1.82, 2.24) is 24.6 Å². The fourth-order valence-electron chi connectivity index (χ4n) is 2.05. The molecule has 0 amide bonds. The largest absolute Gasteiger partial charge is 0.300 e. The summed E-state index contributed by atoms with van der Waals surface area (Å²) in [5, 5.41) is 7.54. The molecule has 8 nitrogen and oxygen atoms in total. The summed E-state index contributed by atoms with van der Waals surface area (Å²) in [6, 6.07) is 9.03. The van der Waals surface area contributed by atoms with E-state index >= 15 is 0 Å². The number of para-hydroxylation sites is 1. The van der Waals surface area contributed by atoms with Crippen molar-refractivity contribution in [1.29, 1.82) is 0 Å². The van der Waals surface area contributed by atoms with Crippen molar-refractivity contribution in [3.05, 3.63) is 42.7 Å². The molecule has 0 aliphatic carbocycles. The van der Waals surface area contributed by atoms with Crippen molar-refractivity contribution >= 4 is 42.5 Å². The predicted octanol–water partition coefficient (Wildman–Crippen LogP) is 1.53. The van der Waals surface area contributed by atoms with Gasteiger partial charge in [0.15, 0.2) is 0 Å². The molecule has 1 N–H and O–H groups in total. The summed E-state index contributed by atoms with van der Waals surface area (Å²) in [6.07, 6.45) is 2.90. The number of nitrogens with one attached hydrogen (secondary N) is 1. The van der Waals surface area contributed by atoms with Crippen LogP contribution >= 0.6 is 11.3 Å². The van der Waals surface area contributed by atoms with Gasteiger partial charge in [0.2, 0.25) is 10.9 Å². The van der Waals surface area contributed by atoms with Crippen LogP contribution in [0.4, 0.5) is 5.95 Å². The molecule has 0 aliphatic rings. The Kier molecular flexibility index (Phi) is 2.81. The Morgan fingerprint density at radius 3 is 2.64 bits per heavy atom. The predicted molar refractivity (Wildman–Crippen MR) is 81.2 cm³/mol. The molecular formula is C12H8N6O2S2. The summed E-state index contributed by atoms with van der Waals surface area (Å²) in [6.45, 7) is 0. The van der Waals surface area contributed by atoms with Gasteiger partial charge in [-0.3, -0.25) is 4.40 Å². The number of sulfonamides is 1. The van der Waals surface area contributed by atoms with Gasteiger partial charge in [0, 0.05) is 12.4 Å². The zero-order valence-electron chi connectivity index (χ0n) is 10.9. The van der Waals surface area contributed by atoms with E-state index in [9.17, 15) is 8.42 Å². The van der Waals surface area contributed by atoms with Crippen LogP contribution in [-0.2, 0) is 10.0 Å². The summed E-state index contributed by atoms with van der Waals surface area (Å²) in [5.74, 6) is -0.0150. The zero-order chi connectivity index (χ0) is 15.2. The molecule has 0 aliphatic heterocycles. The van der Waals surface area contributed by atoms with E-state index in [-0.39, 0.29) is 11.1 Å². The first-order valence-electron chi connectivity index (χ1n) is 6.18. The first-order chi connectivity index (χ1) is 10.6. The molecule has 0 unspecified atom stereocenters. The second kappa shape index (κ2) is 4.71. The Morgan fingerprint density at radius 1 is 1.05 bits per heavy atom. The van der Waals surface area contributed by atoms with Gasteiger partial charge in [0.05, 0.1) is 10.2 Å². The van der Waals surface area contributed by atoms with Gasteiger partial charge < -0.3 is 0 Å². The zero-order valence-corrected chi connectivity index (χ0v) is 12.5. The lowest BCUT2D eigenvalue weighted by Gasteiger charge is -2.03. The molecule has 10 heteroatoms. The maximum absolute atomic E-state index is 12.5. The second-order valence-electron chi connectivity index (χ2n) is 4.35. The van der Waals surface area contributed by atoms with E-state index < -0.39 is 10.0 Å². The average molecular weight is 332 g/mol. The monoisotopic (exact) mass is 332 g/mol. The molecule has 0 radical (unpaired) electrons. The summed E-state index contributed by atoms with van der Waals surface area (Å²) in [5.41, 5.74) is 0.738. The SMILES string of the molecule is O=S(=O)(Nc1ncccn1)c1nnc2sc3ccccc3n12. The van der Waals surface area contributed by atoms with Crippen molar-refractivity contribution in [2.45, 2.75) is 5.16 Å². The van der Waals surface area contributed by atoms with Crippen LogP contribution < -0.4 is 4.72 Å². The van der Waals surface area contributed by atoms with Gasteiger partial charge in [0.1, 0.15) is 0 Å². The number of anilines is 1. The first-order valence-corrected chi connectivity index (χ1v) is 8.48. The highest BCUT2D eigenvalue weighted by molar-refractivity contribution is 7.92. The van der Waals surface area contributed by atoms with Crippen LogP contribution in [0.1, 0.15) is 0 Å². The quantitative estimate of drug-likeness (QED) is 0.610. The summed E-state index contributed by atoms with van der Waals surface area (Å²) >= 11 is 1.37. The molecule has 1 aromatic carbocycles. The van der Waals surface area contributed by atoms with Crippen molar-refractivity contribution in [2.24, 2.45) is 0 Å². The lowest BCUT2D eigenvalue weighted by molar-refractivity contribution is 0.591. The van der Waals surface area contributed by atoms with Crippen LogP contribution in [0.25, 0.3) is 15.2 Å². The number of nitrogens with zero attached hydrogens (tertiary/aromatic N) is 5. The maximum atomic E-state index is 12.5. The van der Waals surface area contributed by atoms with E-state index in [1.165, 1.54) is 28.1 Å². The third kappa shape index (κ3) is 2.00. The molecule has 0 bridgehead atoms. The van der Waals surface area contributed by atoms with Gasteiger partial charge in [-0.2, -0.15) is 8.42 Å². The van der Waals surface area contributed by atoms with Crippen molar-refractivity contribution in [2.75, 3.05) is 4.72 Å². The van der Waals surface area contributed by atoms with E-state index in [4.69, 9.17) is 0 Å². The first kappa shape index (κ1) is 13.1. The van der Waals surface area contributed by atoms with Crippen LogP contribution in [0.5, 0.6) is 0 Å². The summed E-state index contributed by atoms with van der Waals surface area (Å²) < 4.78 is 29.8. The second-order valence-corrected chi connectivity index (χ2v) is 6.93. The summed E-state index contributed by atoms with van der Waals surface area (Å²) in [4.78, 5) is 8.21. The topological polar surface area (TPSA) is 102 Å². The lowest BCUT2D eigenvalue weighted by Crippen LogP contribution is -2.17. The van der Waals surface area contributed by atoms with E-state index in [2.05, 4.69) is 24.9 Å². The van der Waals surface area contributed by atoms with E-state index in [0.717, 1.165) is 10.2 Å². The third-order valence-electron chi connectivity index (χ3n) is 2.94. The number of thiazole rings is 1. The van der Waals surface area contributed by atoms with Gasteiger partial charge in [0.25, 0.3) is 15.2 Å². The Hall–Kier alpha value is -2.59. The smallest absolute Gasteiger partial charge is 0.255 e. The van der Waals surface area contributed by atoms with Gasteiger partial charge in [-0.1, -0.05) is 23.5 Å². The third-order valence-corrected chi connectivity index (χ3v) is 5.15. The van der Waals surface area contributed by atoms with E-state index in [1.54, 1.807) is 6.07 Å². The molecule has 0 saturated heterocycles. The van der Waals surface area contributed by atoms with Gasteiger partial charge in [-0.05, 0) is 18.2 Å². The molecule has 0 atom stereocenters. The van der Waals surface area contributed by atoms with Crippen LogP contribution in [-0.4, -0.2) is 33.0 Å². The van der Waals surface area contributed by atoms with Crippen LogP contribution in [0, 0.1) is 0 Å². The van der Waals surface area contributed by atoms with Gasteiger partial charge in [-0.25, -0.2) is 14.7 Å². The average Bonchev–Trinajstić information content (AvgIpc) is 3.06. The highest BCUT2D eigenvalue weighted by atomic mass is 32.2. The Morgan fingerprint density at radius 2 is 1.82 bits per heavy atom. The molecule has 0 saturated carbocycles. The fraction of sp³-hybridized carbons (Fsp3) is 0. The Labute approximate surface area is 128 Å². The molecule has 3 heterocycles. The maximum Gasteiger partial charge on any atom is 0.300 e. The molecular weight excluding hydrogens is 324 g/mol. The highest BCUT2D eigenvalue weighted by Gasteiger charge is 2.25. The minimum Gasteiger partial charge on any atom is -0.255 e. The van der Waals surface area contributed by atoms with Crippen LogP contribution in [0.15, 0.2) is 47.9 Å². The molecule has 0 fully saturated rings. The molecule has 4 rings (SSSR count). The van der Waals surface area contributed by atoms with Crippen LogP contribution in [0.2, 0.25) is 0 Å². The normalized spacial score (nSPS) is 12.0. The van der Waals surface area contributed by atoms with Crippen molar-refractivity contribution in [3.63, 3.8) is 0 Å². The van der Waals surface area contributed by atoms with Gasteiger partial charge >= 0.3 is 0 Å². The fourth-order valence-corrected chi connectivity index (χ4v) is 4.08. The van der Waals surface area contributed by atoms with Gasteiger partial charge in [-0.15, -0.1) is 10.2 Å². The number of hydrogen-bond donors (Lipinski definition) is 1. The molecule has 110 valence electrons. The Bertz CT molecular complexity index is 1070. The van der Waals surface area contributed by atoms with Crippen molar-refractivity contribution < 1.29 is 8.42 Å². The molecule has 4 aromatic rings. The van der Waals surface area contributed by atoms with Crippen molar-refractivity contribution in [3.8, 4) is 0 Å².